The van der Waals surface area contributed by atoms with Crippen LogP contribution in [0.3, 0.4) is 0 Å². The van der Waals surface area contributed by atoms with Gasteiger partial charge in [0.15, 0.2) is 0 Å². The molecule has 0 aliphatic rings. The normalized spacial score (nSPS) is 12.3. The Balaban J connectivity index is 1.77. The molecule has 5 heteroatoms. The molecule has 1 heterocycles. The number of halogens is 1. The van der Waals surface area contributed by atoms with Crippen LogP contribution in [-0.4, -0.2) is 10.2 Å². The Morgan fingerprint density at radius 3 is 2.48 bits per heavy atom. The van der Waals surface area contributed by atoms with Gasteiger partial charge in [0, 0.05) is 15.8 Å². The van der Waals surface area contributed by atoms with Gasteiger partial charge in [-0.15, -0.1) is 10.2 Å². The van der Waals surface area contributed by atoms with Crippen LogP contribution in [0, 0.1) is 0 Å². The number of nitrogens with zero attached hydrogens (tertiary/aromatic N) is 2. The van der Waals surface area contributed by atoms with Gasteiger partial charge in [0.2, 0.25) is 5.89 Å². The quantitative estimate of drug-likeness (QED) is 0.617. The van der Waals surface area contributed by atoms with Crippen molar-refractivity contribution in [1.82, 2.24) is 10.2 Å². The summed E-state index contributed by atoms with van der Waals surface area (Å²) in [5, 5.41) is 9.61. The van der Waals surface area contributed by atoms with Crippen molar-refractivity contribution in [3.05, 3.63) is 65.2 Å². The van der Waals surface area contributed by atoms with Gasteiger partial charge >= 0.3 is 0 Å². The fraction of sp³-hybridized carbons (Fsp3) is 0.125. The Labute approximate surface area is 132 Å². The zero-order valence-corrected chi connectivity index (χ0v) is 12.9. The van der Waals surface area contributed by atoms with Crippen LogP contribution in [0.1, 0.15) is 17.7 Å². The maximum Gasteiger partial charge on any atom is 0.277 e. The minimum atomic E-state index is 0.141. The Morgan fingerprint density at radius 2 is 1.71 bits per heavy atom. The molecule has 1 unspecified atom stereocenters. The van der Waals surface area contributed by atoms with Crippen LogP contribution in [0.25, 0.3) is 11.5 Å². The summed E-state index contributed by atoms with van der Waals surface area (Å²) in [5.74, 6) is 0.532. The van der Waals surface area contributed by atoms with Crippen LogP contribution in [0.4, 0.5) is 0 Å². The lowest BCUT2D eigenvalue weighted by atomic mass is 10.2. The molecule has 0 amide bonds. The van der Waals surface area contributed by atoms with Gasteiger partial charge in [0.05, 0.1) is 0 Å². The topological polar surface area (TPSA) is 38.9 Å². The monoisotopic (exact) mass is 316 g/mol. The van der Waals surface area contributed by atoms with E-state index in [1.807, 2.05) is 54.6 Å². The number of rotatable bonds is 4. The van der Waals surface area contributed by atoms with Crippen LogP contribution in [-0.2, 0) is 0 Å². The Hall–Kier alpha value is -1.78. The maximum atomic E-state index is 6.21. The van der Waals surface area contributed by atoms with Crippen LogP contribution >= 0.6 is 23.4 Å². The van der Waals surface area contributed by atoms with Gasteiger partial charge < -0.3 is 4.42 Å². The number of hydrogen-bond acceptors (Lipinski definition) is 4. The van der Waals surface area contributed by atoms with E-state index in [9.17, 15) is 0 Å². The van der Waals surface area contributed by atoms with Crippen LogP contribution in [0.2, 0.25) is 5.02 Å². The first-order chi connectivity index (χ1) is 10.2. The molecule has 106 valence electrons. The molecule has 0 radical (unpaired) electrons. The van der Waals surface area contributed by atoms with Gasteiger partial charge in [-0.2, -0.15) is 0 Å². The first kappa shape index (κ1) is 14.2. The molecule has 0 aliphatic carbocycles. The van der Waals surface area contributed by atoms with Crippen molar-refractivity contribution in [2.24, 2.45) is 0 Å². The van der Waals surface area contributed by atoms with E-state index < -0.39 is 0 Å². The van der Waals surface area contributed by atoms with E-state index >= 15 is 0 Å². The second-order valence-corrected chi connectivity index (χ2v) is 6.22. The third-order valence-corrected chi connectivity index (χ3v) is 4.37. The molecule has 0 fully saturated rings. The van der Waals surface area contributed by atoms with Gasteiger partial charge in [-0.25, -0.2) is 0 Å². The summed E-state index contributed by atoms with van der Waals surface area (Å²) < 4.78 is 5.70. The van der Waals surface area contributed by atoms with Crippen LogP contribution in [0.5, 0.6) is 0 Å². The van der Waals surface area contributed by atoms with E-state index in [1.165, 1.54) is 11.8 Å². The highest BCUT2D eigenvalue weighted by atomic mass is 35.5. The number of benzene rings is 2. The number of thioether (sulfide) groups is 1. The standard InChI is InChI=1S/C16H13ClN2OS/c1-11(13-9-5-6-10-14(13)17)21-16-19-18-15(20-16)12-7-3-2-4-8-12/h2-11H,1H3. The minimum absolute atomic E-state index is 0.141. The molecule has 1 aromatic heterocycles. The van der Waals surface area contributed by atoms with Gasteiger partial charge in [-0.05, 0) is 30.7 Å². The zero-order valence-electron chi connectivity index (χ0n) is 11.4. The van der Waals surface area contributed by atoms with E-state index in [0.29, 0.717) is 11.1 Å². The molecule has 1 atom stereocenters. The van der Waals surface area contributed by atoms with Gasteiger partial charge in [0.25, 0.3) is 5.22 Å². The Bertz CT molecular complexity index is 730. The highest BCUT2D eigenvalue weighted by Gasteiger charge is 2.15. The lowest BCUT2D eigenvalue weighted by molar-refractivity contribution is 0.465. The van der Waals surface area contributed by atoms with E-state index in [2.05, 4.69) is 17.1 Å². The van der Waals surface area contributed by atoms with E-state index in [0.717, 1.165) is 16.1 Å². The summed E-state index contributed by atoms with van der Waals surface area (Å²) in [6.07, 6.45) is 0. The van der Waals surface area contributed by atoms with Crippen molar-refractivity contribution < 1.29 is 4.42 Å². The molecular formula is C16H13ClN2OS. The second-order valence-electron chi connectivity index (χ2n) is 4.52. The maximum absolute atomic E-state index is 6.21. The molecule has 0 bridgehead atoms. The molecule has 0 N–H and O–H groups in total. The predicted octanol–water partition coefficient (Wildman–Crippen LogP) is 5.24. The molecule has 0 saturated heterocycles. The summed E-state index contributed by atoms with van der Waals surface area (Å²) in [4.78, 5) is 0. The summed E-state index contributed by atoms with van der Waals surface area (Å²) >= 11 is 7.71. The fourth-order valence-electron chi connectivity index (χ4n) is 1.97. The molecular weight excluding hydrogens is 304 g/mol. The van der Waals surface area contributed by atoms with Crippen molar-refractivity contribution in [2.45, 2.75) is 17.4 Å². The summed E-state index contributed by atoms with van der Waals surface area (Å²) in [5.41, 5.74) is 1.98. The number of hydrogen-bond donors (Lipinski definition) is 0. The van der Waals surface area contributed by atoms with Gasteiger partial charge in [-0.3, -0.25) is 0 Å². The summed E-state index contributed by atoms with van der Waals surface area (Å²) in [7, 11) is 0. The highest BCUT2D eigenvalue weighted by molar-refractivity contribution is 7.99. The fourth-order valence-corrected chi connectivity index (χ4v) is 3.19. The first-order valence-corrected chi connectivity index (χ1v) is 7.80. The van der Waals surface area contributed by atoms with Crippen molar-refractivity contribution in [2.75, 3.05) is 0 Å². The van der Waals surface area contributed by atoms with Crippen molar-refractivity contribution >= 4 is 23.4 Å². The molecule has 3 aromatic rings. The summed E-state index contributed by atoms with van der Waals surface area (Å²) in [6.45, 7) is 2.07. The largest absolute Gasteiger partial charge is 0.411 e. The molecule has 0 aliphatic heterocycles. The molecule has 3 rings (SSSR count). The smallest absolute Gasteiger partial charge is 0.277 e. The van der Waals surface area contributed by atoms with Crippen LogP contribution < -0.4 is 0 Å². The van der Waals surface area contributed by atoms with Crippen molar-refractivity contribution in [3.8, 4) is 11.5 Å². The van der Waals surface area contributed by atoms with Crippen LogP contribution in [0.15, 0.2) is 64.2 Å². The first-order valence-electron chi connectivity index (χ1n) is 6.54. The minimum Gasteiger partial charge on any atom is -0.411 e. The van der Waals surface area contributed by atoms with E-state index in [4.69, 9.17) is 16.0 Å². The average molecular weight is 317 g/mol. The lowest BCUT2D eigenvalue weighted by Gasteiger charge is -2.10. The molecule has 2 aromatic carbocycles. The average Bonchev–Trinajstić information content (AvgIpc) is 2.97. The highest BCUT2D eigenvalue weighted by Crippen LogP contribution is 2.37. The Kier molecular flexibility index (Phi) is 4.27. The lowest BCUT2D eigenvalue weighted by Crippen LogP contribution is -1.89. The molecule has 0 saturated carbocycles. The third-order valence-electron chi connectivity index (χ3n) is 3.05. The molecule has 3 nitrogen and oxygen atoms in total. The van der Waals surface area contributed by atoms with E-state index in [-0.39, 0.29) is 5.25 Å². The second kappa shape index (κ2) is 6.33. The summed E-state index contributed by atoms with van der Waals surface area (Å²) in [6, 6.07) is 17.5. The molecule has 21 heavy (non-hydrogen) atoms. The SMILES string of the molecule is CC(Sc1nnc(-c2ccccc2)o1)c1ccccc1Cl. The zero-order chi connectivity index (χ0) is 14.7. The third kappa shape index (κ3) is 3.28. The van der Waals surface area contributed by atoms with Crippen molar-refractivity contribution in [3.63, 3.8) is 0 Å². The number of aromatic nitrogens is 2. The predicted molar refractivity (Wildman–Crippen MR) is 85.5 cm³/mol. The van der Waals surface area contributed by atoms with Gasteiger partial charge in [0.1, 0.15) is 0 Å². The molecule has 0 spiro atoms. The van der Waals surface area contributed by atoms with Crippen molar-refractivity contribution in [1.29, 1.82) is 0 Å². The Morgan fingerprint density at radius 1 is 1.00 bits per heavy atom. The van der Waals surface area contributed by atoms with E-state index in [1.54, 1.807) is 0 Å². The van der Waals surface area contributed by atoms with Gasteiger partial charge in [-0.1, -0.05) is 59.8 Å².